The maximum absolute atomic E-state index is 7.01. The van der Waals surface area contributed by atoms with Gasteiger partial charge < -0.3 is 13.6 Å². The van der Waals surface area contributed by atoms with Crippen molar-refractivity contribution >= 4 is 32.1 Å². The monoisotopic (exact) mass is 727 g/mol. The smallest absolute Gasteiger partial charge is 0.408 e. The Bertz CT molecular complexity index is 1850. The van der Waals surface area contributed by atoms with Crippen LogP contribution in [0, 0.1) is 33.8 Å². The lowest BCUT2D eigenvalue weighted by molar-refractivity contribution is 0.371. The van der Waals surface area contributed by atoms with Gasteiger partial charge in [-0.05, 0) is 126 Å². The van der Waals surface area contributed by atoms with Gasteiger partial charge >= 0.3 is 8.60 Å². The molecule has 4 bridgehead atoms. The summed E-state index contributed by atoms with van der Waals surface area (Å²) in [7, 11) is -1.90. The number of hydrogen-bond acceptors (Lipinski definition) is 5. The quantitative estimate of drug-likeness (QED) is 0.195. The molecule has 8 rings (SSSR count). The second-order valence-corrected chi connectivity index (χ2v) is 21.1. The normalized spacial score (nSPS) is 14.2. The predicted octanol–water partition coefficient (Wildman–Crippen LogP) is 14.3. The van der Waals surface area contributed by atoms with E-state index < -0.39 is 8.60 Å². The topological polar surface area (TPSA) is 27.7 Å². The third kappa shape index (κ3) is 8.54. The third-order valence-corrected chi connectivity index (χ3v) is 12.8. The van der Waals surface area contributed by atoms with Gasteiger partial charge in [0.05, 0.1) is 0 Å². The molecule has 0 atom stereocenters. The lowest BCUT2D eigenvalue weighted by Crippen LogP contribution is -2.18. The zero-order valence-corrected chi connectivity index (χ0v) is 35.6. The van der Waals surface area contributed by atoms with Crippen molar-refractivity contribution < 1.29 is 13.6 Å². The standard InChI is InChI=1S/C44H56O3PS2/c1-26-17-18-30(41(5,6)7)22-37(26)49-38-23-31(42(8,9)10)34(19-27(38)2)45-48-46-35-20-28(3)39(24-32(35)43(11,12)13)50-40-25-33(44(14,15)16)36(47-48)21-29(40)4/h17,19-25H,1-16H3. The molecule has 0 saturated heterocycles. The zero-order chi connectivity index (χ0) is 37.1. The molecule has 267 valence electrons. The molecule has 4 aromatic carbocycles. The summed E-state index contributed by atoms with van der Waals surface area (Å²) in [5.74, 6) is 2.40. The molecule has 0 saturated carbocycles. The van der Waals surface area contributed by atoms with Gasteiger partial charge in [-0.1, -0.05) is 113 Å². The van der Waals surface area contributed by atoms with Crippen molar-refractivity contribution in [3.8, 4) is 17.2 Å². The van der Waals surface area contributed by atoms with E-state index in [9.17, 15) is 0 Å². The van der Waals surface area contributed by atoms with E-state index in [1.54, 1.807) is 0 Å². The SMILES string of the molecule is Cc1c[c]c(C(C)(C)C)cc1Sc1cc(C(C)(C)C)c(OP2Oc3cc(C)c(cc3C(C)(C)C)Sc3cc(C(C)(C)C)c(cc3C)O2)cc1C. The van der Waals surface area contributed by atoms with Gasteiger partial charge in [-0.15, -0.1) is 0 Å². The molecule has 0 amide bonds. The highest BCUT2D eigenvalue weighted by Gasteiger charge is 2.33. The average Bonchev–Trinajstić information content (AvgIpc) is 2.94. The van der Waals surface area contributed by atoms with E-state index >= 15 is 0 Å². The van der Waals surface area contributed by atoms with Crippen molar-refractivity contribution in [2.24, 2.45) is 0 Å². The van der Waals surface area contributed by atoms with Gasteiger partial charge in [0.2, 0.25) is 0 Å². The largest absolute Gasteiger partial charge is 0.530 e. The van der Waals surface area contributed by atoms with Crippen LogP contribution in [0.2, 0.25) is 0 Å². The van der Waals surface area contributed by atoms with E-state index in [1.807, 2.05) is 23.5 Å². The summed E-state index contributed by atoms with van der Waals surface area (Å²) < 4.78 is 20.9. The van der Waals surface area contributed by atoms with Crippen LogP contribution < -0.4 is 13.6 Å². The molecule has 50 heavy (non-hydrogen) atoms. The molecule has 0 aliphatic carbocycles. The van der Waals surface area contributed by atoms with E-state index in [4.69, 9.17) is 13.6 Å². The van der Waals surface area contributed by atoms with Crippen molar-refractivity contribution in [1.29, 1.82) is 0 Å². The number of hydrogen-bond donors (Lipinski definition) is 0. The zero-order valence-electron chi connectivity index (χ0n) is 33.1. The van der Waals surface area contributed by atoms with E-state index in [1.165, 1.54) is 41.8 Å². The van der Waals surface area contributed by atoms with Crippen molar-refractivity contribution in [2.75, 3.05) is 0 Å². The Hall–Kier alpha value is -2.59. The lowest BCUT2D eigenvalue weighted by Gasteiger charge is -2.31. The fourth-order valence-corrected chi connectivity index (χ4v) is 9.03. The summed E-state index contributed by atoms with van der Waals surface area (Å²) in [5.41, 5.74) is 8.85. The van der Waals surface area contributed by atoms with E-state index in [0.29, 0.717) is 0 Å². The molecule has 0 unspecified atom stereocenters. The van der Waals surface area contributed by atoms with Crippen LogP contribution in [-0.2, 0) is 21.7 Å². The van der Waals surface area contributed by atoms with Crippen molar-refractivity contribution in [1.82, 2.24) is 0 Å². The van der Waals surface area contributed by atoms with Crippen LogP contribution >= 0.6 is 32.1 Å². The van der Waals surface area contributed by atoms with Crippen LogP contribution in [-0.4, -0.2) is 0 Å². The predicted molar refractivity (Wildman–Crippen MR) is 215 cm³/mol. The minimum absolute atomic E-state index is 0.0262. The van der Waals surface area contributed by atoms with Crippen LogP contribution in [0.25, 0.3) is 0 Å². The van der Waals surface area contributed by atoms with Crippen LogP contribution in [0.15, 0.2) is 68.1 Å². The Morgan fingerprint density at radius 3 is 1.50 bits per heavy atom. The molecule has 3 nitrogen and oxygen atoms in total. The molecule has 0 spiro atoms. The molecule has 4 aliphatic heterocycles. The van der Waals surface area contributed by atoms with Crippen LogP contribution in [0.4, 0.5) is 0 Å². The minimum Gasteiger partial charge on any atom is -0.408 e. The van der Waals surface area contributed by atoms with Gasteiger partial charge in [0.15, 0.2) is 0 Å². The van der Waals surface area contributed by atoms with Crippen molar-refractivity contribution in [2.45, 2.75) is 152 Å². The number of benzene rings is 4. The van der Waals surface area contributed by atoms with Crippen LogP contribution in [0.5, 0.6) is 17.2 Å². The van der Waals surface area contributed by atoms with E-state index in [2.05, 4.69) is 165 Å². The summed E-state index contributed by atoms with van der Waals surface area (Å²) in [4.78, 5) is 4.94. The van der Waals surface area contributed by atoms with Crippen LogP contribution in [0.1, 0.15) is 128 Å². The minimum atomic E-state index is -1.90. The highest BCUT2D eigenvalue weighted by Crippen LogP contribution is 2.53. The molecule has 6 heteroatoms. The fourth-order valence-electron chi connectivity index (χ4n) is 5.92. The first-order chi connectivity index (χ1) is 22.9. The molecule has 0 fully saturated rings. The molecular formula is C44H56O3PS2. The van der Waals surface area contributed by atoms with E-state index in [0.717, 1.165) is 39.5 Å². The highest BCUT2D eigenvalue weighted by atomic mass is 32.2. The van der Waals surface area contributed by atoms with Gasteiger partial charge in [-0.25, -0.2) is 0 Å². The lowest BCUT2D eigenvalue weighted by atomic mass is 9.86. The first kappa shape index (κ1) is 38.6. The average molecular weight is 728 g/mol. The summed E-state index contributed by atoms with van der Waals surface area (Å²) in [6.07, 6.45) is 0. The fraction of sp³-hybridized carbons (Fsp3) is 0.455. The third-order valence-electron chi connectivity index (χ3n) is 9.13. The summed E-state index contributed by atoms with van der Waals surface area (Å²) >= 11 is 3.65. The molecule has 4 aromatic rings. The molecule has 0 N–H and O–H groups in total. The molecule has 0 aromatic heterocycles. The second kappa shape index (κ2) is 13.8. The summed E-state index contributed by atoms with van der Waals surface area (Å²) in [6, 6.07) is 21.4. The van der Waals surface area contributed by atoms with Gasteiger partial charge in [-0.2, -0.15) is 0 Å². The van der Waals surface area contributed by atoms with Gasteiger partial charge in [0.25, 0.3) is 0 Å². The summed E-state index contributed by atoms with van der Waals surface area (Å²) in [5, 5.41) is 0. The Labute approximate surface area is 312 Å². The van der Waals surface area contributed by atoms with Crippen LogP contribution in [0.3, 0.4) is 0 Å². The van der Waals surface area contributed by atoms with Gasteiger partial charge in [-0.3, -0.25) is 0 Å². The molecule has 4 aliphatic rings. The second-order valence-electron chi connectivity index (χ2n) is 17.9. The highest BCUT2D eigenvalue weighted by molar-refractivity contribution is 7.99. The van der Waals surface area contributed by atoms with E-state index in [-0.39, 0.29) is 21.7 Å². The van der Waals surface area contributed by atoms with Crippen molar-refractivity contribution in [3.63, 3.8) is 0 Å². The first-order valence-corrected chi connectivity index (χ1v) is 20.3. The summed E-state index contributed by atoms with van der Waals surface area (Å²) in [6.45, 7) is 35.5. The number of rotatable bonds is 4. The Balaban J connectivity index is 1.65. The Morgan fingerprint density at radius 1 is 0.560 bits per heavy atom. The Kier molecular flexibility index (Phi) is 10.6. The molecule has 1 radical (unpaired) electrons. The molecule has 4 heterocycles. The van der Waals surface area contributed by atoms with Gasteiger partial charge in [0, 0.05) is 36.3 Å². The Morgan fingerprint density at radius 2 is 1.04 bits per heavy atom. The maximum Gasteiger partial charge on any atom is 0.530 e. The number of aryl methyl sites for hydroxylation is 4. The van der Waals surface area contributed by atoms with Crippen molar-refractivity contribution in [3.05, 3.63) is 99.1 Å². The maximum atomic E-state index is 7.01. The molecular weight excluding hydrogens is 672 g/mol. The van der Waals surface area contributed by atoms with Gasteiger partial charge in [0.1, 0.15) is 17.2 Å². The first-order valence-electron chi connectivity index (χ1n) is 17.6.